The Morgan fingerprint density at radius 2 is 0.806 bits per heavy atom. The predicted octanol–water partition coefficient (Wildman–Crippen LogP) is 10.4. The lowest BCUT2D eigenvalue weighted by atomic mass is 9.89. The van der Waals surface area contributed by atoms with Crippen LogP contribution in [0.5, 0.6) is 0 Å². The Kier molecular flexibility index (Phi) is 23.0. The largest absolute Gasteiger partial charge is 0.316 e. The molecule has 0 bridgehead atoms. The molecule has 0 heterocycles. The molecule has 1 aliphatic carbocycles. The van der Waals surface area contributed by atoms with E-state index in [4.69, 9.17) is 0 Å². The minimum atomic E-state index is 0.989. The monoisotopic (exact) mass is 435 g/mol. The Morgan fingerprint density at radius 3 is 1.19 bits per heavy atom. The smallest absolute Gasteiger partial charge is 0.00205 e. The average Bonchev–Trinajstić information content (AvgIpc) is 2.80. The number of hydrogen-bond donors (Lipinski definition) is 1. The van der Waals surface area contributed by atoms with Crippen molar-refractivity contribution >= 4 is 0 Å². The van der Waals surface area contributed by atoms with E-state index >= 15 is 0 Å². The van der Waals surface area contributed by atoms with Gasteiger partial charge in [-0.15, -0.1) is 0 Å². The van der Waals surface area contributed by atoms with Gasteiger partial charge < -0.3 is 5.32 Å². The summed E-state index contributed by atoms with van der Waals surface area (Å²) in [7, 11) is 0. The number of unbranched alkanes of at least 4 members (excludes halogenated alkanes) is 20. The van der Waals surface area contributed by atoms with Crippen molar-refractivity contribution in [1.29, 1.82) is 0 Å². The third kappa shape index (κ3) is 21.6. The summed E-state index contributed by atoms with van der Waals surface area (Å²) in [5, 5.41) is 3.72. The number of hydrogen-bond acceptors (Lipinski definition) is 1. The fourth-order valence-corrected chi connectivity index (χ4v) is 5.38. The molecule has 186 valence electrons. The van der Waals surface area contributed by atoms with E-state index in [1.54, 1.807) is 0 Å². The predicted molar refractivity (Wildman–Crippen MR) is 142 cm³/mol. The van der Waals surface area contributed by atoms with E-state index in [0.717, 1.165) is 5.92 Å². The fourth-order valence-electron chi connectivity index (χ4n) is 5.38. The molecule has 0 unspecified atom stereocenters. The van der Waals surface area contributed by atoms with Crippen LogP contribution in [0.25, 0.3) is 0 Å². The minimum absolute atomic E-state index is 0.989. The van der Waals surface area contributed by atoms with Crippen molar-refractivity contribution in [3.05, 3.63) is 0 Å². The third-order valence-corrected chi connectivity index (χ3v) is 7.61. The molecule has 0 saturated heterocycles. The van der Waals surface area contributed by atoms with Crippen LogP contribution in [0.2, 0.25) is 0 Å². The van der Waals surface area contributed by atoms with Gasteiger partial charge in [-0.1, -0.05) is 155 Å². The average molecular weight is 436 g/mol. The van der Waals surface area contributed by atoms with Crippen molar-refractivity contribution in [1.82, 2.24) is 5.32 Å². The molecule has 1 saturated carbocycles. The highest BCUT2D eigenvalue weighted by atomic mass is 14.9. The van der Waals surface area contributed by atoms with Crippen LogP contribution in [0.3, 0.4) is 0 Å². The van der Waals surface area contributed by atoms with E-state index in [-0.39, 0.29) is 0 Å². The summed E-state index contributed by atoms with van der Waals surface area (Å²) in [6, 6.07) is 0. The van der Waals surface area contributed by atoms with Gasteiger partial charge in [0.05, 0.1) is 0 Å². The summed E-state index contributed by atoms with van der Waals surface area (Å²) in [5.41, 5.74) is 0. The van der Waals surface area contributed by atoms with Gasteiger partial charge >= 0.3 is 0 Å². The van der Waals surface area contributed by atoms with E-state index in [0.29, 0.717) is 0 Å². The first-order valence-corrected chi connectivity index (χ1v) is 15.1. The van der Waals surface area contributed by atoms with Gasteiger partial charge in [-0.2, -0.15) is 0 Å². The molecule has 1 rings (SSSR count). The molecule has 1 aliphatic rings. The molecule has 0 aromatic heterocycles. The molecule has 0 radical (unpaired) electrons. The zero-order valence-corrected chi connectivity index (χ0v) is 21.9. The second kappa shape index (κ2) is 24.6. The third-order valence-electron chi connectivity index (χ3n) is 7.61. The van der Waals surface area contributed by atoms with Crippen LogP contribution in [0.1, 0.15) is 174 Å². The van der Waals surface area contributed by atoms with Crippen molar-refractivity contribution in [2.45, 2.75) is 174 Å². The van der Waals surface area contributed by atoms with Crippen molar-refractivity contribution in [2.75, 3.05) is 13.1 Å². The number of nitrogens with one attached hydrogen (secondary N) is 1. The molecule has 0 aromatic rings. The molecule has 0 aliphatic heterocycles. The van der Waals surface area contributed by atoms with E-state index in [9.17, 15) is 0 Å². The zero-order valence-electron chi connectivity index (χ0n) is 21.9. The Balaban J connectivity index is 1.62. The van der Waals surface area contributed by atoms with Crippen LogP contribution >= 0.6 is 0 Å². The van der Waals surface area contributed by atoms with Gasteiger partial charge in [0, 0.05) is 0 Å². The molecule has 0 amide bonds. The first-order valence-electron chi connectivity index (χ1n) is 15.1. The van der Waals surface area contributed by atoms with Crippen LogP contribution in [0, 0.1) is 5.92 Å². The van der Waals surface area contributed by atoms with Crippen molar-refractivity contribution in [3.63, 3.8) is 0 Å². The molecule has 1 heteroatoms. The minimum Gasteiger partial charge on any atom is -0.316 e. The lowest BCUT2D eigenvalue weighted by molar-refractivity contribution is 0.341. The fraction of sp³-hybridized carbons (Fsp3) is 1.00. The Morgan fingerprint density at radius 1 is 0.452 bits per heavy atom. The summed E-state index contributed by atoms with van der Waals surface area (Å²) in [6.07, 6.45) is 38.3. The lowest BCUT2D eigenvalue weighted by Crippen LogP contribution is -2.25. The molecular formula is C30H61N. The Hall–Kier alpha value is -0.0400. The molecular weight excluding hydrogens is 374 g/mol. The van der Waals surface area contributed by atoms with E-state index < -0.39 is 0 Å². The summed E-state index contributed by atoms with van der Waals surface area (Å²) in [6.45, 7) is 4.86. The first kappa shape index (κ1) is 29.0. The van der Waals surface area contributed by atoms with E-state index in [1.165, 1.54) is 180 Å². The quantitative estimate of drug-likeness (QED) is 0.149. The van der Waals surface area contributed by atoms with Crippen LogP contribution in [0.4, 0.5) is 0 Å². The van der Waals surface area contributed by atoms with Gasteiger partial charge in [0.15, 0.2) is 0 Å². The second-order valence-corrected chi connectivity index (χ2v) is 10.8. The van der Waals surface area contributed by atoms with Gasteiger partial charge in [-0.05, 0) is 38.3 Å². The van der Waals surface area contributed by atoms with Gasteiger partial charge in [-0.3, -0.25) is 0 Å². The maximum absolute atomic E-state index is 3.72. The number of rotatable bonds is 24. The topological polar surface area (TPSA) is 12.0 Å². The van der Waals surface area contributed by atoms with Crippen LogP contribution in [-0.4, -0.2) is 13.1 Å². The molecule has 31 heavy (non-hydrogen) atoms. The van der Waals surface area contributed by atoms with Crippen LogP contribution in [-0.2, 0) is 0 Å². The summed E-state index contributed by atoms with van der Waals surface area (Å²) >= 11 is 0. The van der Waals surface area contributed by atoms with E-state index in [1.807, 2.05) is 0 Å². The highest BCUT2D eigenvalue weighted by Crippen LogP contribution is 2.22. The van der Waals surface area contributed by atoms with Crippen molar-refractivity contribution < 1.29 is 0 Å². The van der Waals surface area contributed by atoms with Gasteiger partial charge in [0.2, 0.25) is 0 Å². The Bertz CT molecular complexity index is 320. The maximum atomic E-state index is 3.72. The summed E-state index contributed by atoms with van der Waals surface area (Å²) in [4.78, 5) is 0. The lowest BCUT2D eigenvalue weighted by Gasteiger charge is -2.21. The normalized spacial score (nSPS) is 15.0. The highest BCUT2D eigenvalue weighted by Gasteiger charge is 2.12. The maximum Gasteiger partial charge on any atom is -0.00205 e. The molecule has 0 atom stereocenters. The second-order valence-electron chi connectivity index (χ2n) is 10.8. The van der Waals surface area contributed by atoms with Crippen molar-refractivity contribution in [2.24, 2.45) is 5.92 Å². The van der Waals surface area contributed by atoms with Gasteiger partial charge in [-0.25, -0.2) is 0 Å². The van der Waals surface area contributed by atoms with Gasteiger partial charge in [0.1, 0.15) is 0 Å². The van der Waals surface area contributed by atoms with Gasteiger partial charge in [0.25, 0.3) is 0 Å². The molecule has 0 spiro atoms. The SMILES string of the molecule is CCCCCCCCCCCCCCCCCCCCCCCNCC1CCCCC1. The molecule has 1 fully saturated rings. The van der Waals surface area contributed by atoms with Crippen LogP contribution in [0.15, 0.2) is 0 Å². The summed E-state index contributed by atoms with van der Waals surface area (Å²) < 4.78 is 0. The summed E-state index contributed by atoms with van der Waals surface area (Å²) in [5.74, 6) is 0.989. The first-order chi connectivity index (χ1) is 15.4. The van der Waals surface area contributed by atoms with E-state index in [2.05, 4.69) is 12.2 Å². The molecule has 0 aromatic carbocycles. The molecule has 1 nitrogen and oxygen atoms in total. The highest BCUT2D eigenvalue weighted by molar-refractivity contribution is 4.67. The molecule has 1 N–H and O–H groups in total. The Labute approximate surface area is 198 Å². The van der Waals surface area contributed by atoms with Crippen LogP contribution < -0.4 is 5.32 Å². The standard InChI is InChI=1S/C30H61N/c1-2-3-4-5-6-7-8-9-10-11-12-13-14-15-16-17-18-19-20-21-25-28-31-29-30-26-23-22-24-27-30/h30-31H,2-29H2,1H3. The zero-order chi connectivity index (χ0) is 22.1. The van der Waals surface area contributed by atoms with Crippen molar-refractivity contribution in [3.8, 4) is 0 Å².